The monoisotopic (exact) mass is 314 g/mol. The third-order valence-corrected chi connectivity index (χ3v) is 4.92. The van der Waals surface area contributed by atoms with Crippen molar-refractivity contribution >= 4 is 5.91 Å². The SMILES string of the molecule is CCc1cc(C(=O)N2CCC(n3ncc4c3CNC4)CC2)n[nH]1. The summed E-state index contributed by atoms with van der Waals surface area (Å²) < 4.78 is 2.17. The van der Waals surface area contributed by atoms with Crippen molar-refractivity contribution in [3.05, 3.63) is 34.9 Å². The van der Waals surface area contributed by atoms with E-state index in [4.69, 9.17) is 0 Å². The van der Waals surface area contributed by atoms with E-state index in [1.807, 2.05) is 24.1 Å². The van der Waals surface area contributed by atoms with Crippen molar-refractivity contribution in [2.45, 2.75) is 45.3 Å². The van der Waals surface area contributed by atoms with Gasteiger partial charge in [-0.05, 0) is 25.3 Å². The van der Waals surface area contributed by atoms with Crippen LogP contribution in [0.15, 0.2) is 12.3 Å². The Balaban J connectivity index is 1.41. The summed E-state index contributed by atoms with van der Waals surface area (Å²) in [5.74, 6) is 0.0340. The average molecular weight is 314 g/mol. The van der Waals surface area contributed by atoms with E-state index < -0.39 is 0 Å². The maximum atomic E-state index is 12.5. The van der Waals surface area contributed by atoms with Crippen LogP contribution >= 0.6 is 0 Å². The lowest BCUT2D eigenvalue weighted by Crippen LogP contribution is -2.39. The fourth-order valence-electron chi connectivity index (χ4n) is 3.52. The molecule has 0 aromatic carbocycles. The van der Waals surface area contributed by atoms with Crippen molar-refractivity contribution in [3.8, 4) is 0 Å². The molecule has 2 aromatic heterocycles. The first-order valence-electron chi connectivity index (χ1n) is 8.35. The van der Waals surface area contributed by atoms with Crippen molar-refractivity contribution in [2.75, 3.05) is 13.1 Å². The molecule has 0 spiro atoms. The first-order chi connectivity index (χ1) is 11.3. The predicted octanol–water partition coefficient (Wildman–Crippen LogP) is 1.25. The van der Waals surface area contributed by atoms with Crippen LogP contribution in [-0.2, 0) is 19.5 Å². The van der Waals surface area contributed by atoms with E-state index in [2.05, 4.69) is 25.3 Å². The van der Waals surface area contributed by atoms with Crippen LogP contribution in [0.25, 0.3) is 0 Å². The molecule has 1 amide bonds. The van der Waals surface area contributed by atoms with Crippen molar-refractivity contribution in [3.63, 3.8) is 0 Å². The Hall–Kier alpha value is -2.15. The summed E-state index contributed by atoms with van der Waals surface area (Å²) in [6.07, 6.45) is 4.74. The maximum Gasteiger partial charge on any atom is 0.274 e. The summed E-state index contributed by atoms with van der Waals surface area (Å²) in [6.45, 7) is 5.40. The van der Waals surface area contributed by atoms with Gasteiger partial charge in [0.25, 0.3) is 5.91 Å². The van der Waals surface area contributed by atoms with Crippen LogP contribution in [-0.4, -0.2) is 43.9 Å². The number of fused-ring (bicyclic) bond motifs is 1. The molecular formula is C16H22N6O. The number of nitrogens with one attached hydrogen (secondary N) is 2. The molecule has 2 aromatic rings. The molecule has 2 N–H and O–H groups in total. The molecule has 0 saturated carbocycles. The zero-order valence-electron chi connectivity index (χ0n) is 13.4. The minimum atomic E-state index is 0.0340. The number of likely N-dealkylation sites (tertiary alicyclic amines) is 1. The standard InChI is InChI=1S/C16H22N6O/c1-2-12-7-14(20-19-12)16(23)21-5-3-13(4-6-21)22-15-10-17-8-11(15)9-18-22/h7,9,13,17H,2-6,8,10H2,1H3,(H,19,20). The number of aromatic amines is 1. The lowest BCUT2D eigenvalue weighted by atomic mass is 10.0. The molecule has 4 heterocycles. The number of nitrogens with zero attached hydrogens (tertiary/aromatic N) is 4. The van der Waals surface area contributed by atoms with Crippen LogP contribution in [0.3, 0.4) is 0 Å². The van der Waals surface area contributed by atoms with Gasteiger partial charge in [-0.3, -0.25) is 14.6 Å². The zero-order chi connectivity index (χ0) is 15.8. The van der Waals surface area contributed by atoms with E-state index in [-0.39, 0.29) is 5.91 Å². The highest BCUT2D eigenvalue weighted by Crippen LogP contribution is 2.27. The molecule has 2 aliphatic heterocycles. The van der Waals surface area contributed by atoms with Gasteiger partial charge in [-0.1, -0.05) is 6.92 Å². The molecule has 7 heteroatoms. The summed E-state index contributed by atoms with van der Waals surface area (Å²) in [4.78, 5) is 14.4. The molecule has 1 fully saturated rings. The minimum Gasteiger partial charge on any atom is -0.337 e. The zero-order valence-corrected chi connectivity index (χ0v) is 13.4. The van der Waals surface area contributed by atoms with Gasteiger partial charge in [0.05, 0.1) is 17.9 Å². The van der Waals surface area contributed by atoms with Gasteiger partial charge in [0.1, 0.15) is 5.69 Å². The quantitative estimate of drug-likeness (QED) is 0.894. The molecular weight excluding hydrogens is 292 g/mol. The Bertz CT molecular complexity index is 710. The van der Waals surface area contributed by atoms with E-state index in [0.29, 0.717) is 11.7 Å². The van der Waals surface area contributed by atoms with Crippen molar-refractivity contribution in [1.82, 2.24) is 30.2 Å². The van der Waals surface area contributed by atoms with Gasteiger partial charge in [0.15, 0.2) is 0 Å². The smallest absolute Gasteiger partial charge is 0.274 e. The van der Waals surface area contributed by atoms with Gasteiger partial charge < -0.3 is 10.2 Å². The summed E-state index contributed by atoms with van der Waals surface area (Å²) in [6, 6.07) is 2.26. The lowest BCUT2D eigenvalue weighted by Gasteiger charge is -2.32. The van der Waals surface area contributed by atoms with E-state index in [9.17, 15) is 4.79 Å². The number of piperidine rings is 1. The second-order valence-corrected chi connectivity index (χ2v) is 6.32. The predicted molar refractivity (Wildman–Crippen MR) is 84.9 cm³/mol. The average Bonchev–Trinajstić information content (AvgIpc) is 3.30. The van der Waals surface area contributed by atoms with Crippen LogP contribution < -0.4 is 5.32 Å². The summed E-state index contributed by atoms with van der Waals surface area (Å²) in [5.41, 5.74) is 4.16. The molecule has 0 aliphatic carbocycles. The third kappa shape index (κ3) is 2.55. The molecule has 0 bridgehead atoms. The highest BCUT2D eigenvalue weighted by atomic mass is 16.2. The second kappa shape index (κ2) is 5.81. The highest BCUT2D eigenvalue weighted by molar-refractivity contribution is 5.92. The van der Waals surface area contributed by atoms with Crippen molar-refractivity contribution < 1.29 is 4.79 Å². The first-order valence-corrected chi connectivity index (χ1v) is 8.35. The Kier molecular flexibility index (Phi) is 3.65. The number of aryl methyl sites for hydroxylation is 1. The molecule has 2 aliphatic rings. The fraction of sp³-hybridized carbons (Fsp3) is 0.562. The van der Waals surface area contributed by atoms with Gasteiger partial charge in [-0.15, -0.1) is 0 Å². The van der Waals surface area contributed by atoms with Crippen LogP contribution in [0.5, 0.6) is 0 Å². The lowest BCUT2D eigenvalue weighted by molar-refractivity contribution is 0.0683. The highest BCUT2D eigenvalue weighted by Gasteiger charge is 2.28. The summed E-state index contributed by atoms with van der Waals surface area (Å²) in [7, 11) is 0. The number of carbonyl (C=O) groups excluding carboxylic acids is 1. The number of H-pyrrole nitrogens is 1. The minimum absolute atomic E-state index is 0.0340. The van der Waals surface area contributed by atoms with Gasteiger partial charge in [0, 0.05) is 37.4 Å². The van der Waals surface area contributed by atoms with Crippen LogP contribution in [0, 0.1) is 0 Å². The largest absolute Gasteiger partial charge is 0.337 e. The number of hydrogen-bond acceptors (Lipinski definition) is 4. The molecule has 7 nitrogen and oxygen atoms in total. The topological polar surface area (TPSA) is 78.8 Å². The summed E-state index contributed by atoms with van der Waals surface area (Å²) >= 11 is 0. The van der Waals surface area contributed by atoms with Crippen LogP contribution in [0.1, 0.15) is 53.2 Å². The van der Waals surface area contributed by atoms with Crippen LogP contribution in [0.4, 0.5) is 0 Å². The molecule has 0 radical (unpaired) electrons. The molecule has 4 rings (SSSR count). The van der Waals surface area contributed by atoms with Gasteiger partial charge in [-0.2, -0.15) is 10.2 Å². The molecule has 122 valence electrons. The number of rotatable bonds is 3. The Morgan fingerprint density at radius 3 is 2.91 bits per heavy atom. The Labute approximate surface area is 135 Å². The Morgan fingerprint density at radius 1 is 1.35 bits per heavy atom. The van der Waals surface area contributed by atoms with Gasteiger partial charge in [-0.25, -0.2) is 0 Å². The number of amides is 1. The molecule has 0 atom stereocenters. The van der Waals surface area contributed by atoms with Crippen molar-refractivity contribution in [1.29, 1.82) is 0 Å². The van der Waals surface area contributed by atoms with Gasteiger partial charge in [0.2, 0.25) is 0 Å². The van der Waals surface area contributed by atoms with E-state index in [1.165, 1.54) is 11.3 Å². The fourth-order valence-corrected chi connectivity index (χ4v) is 3.52. The number of aromatic nitrogens is 4. The van der Waals surface area contributed by atoms with Gasteiger partial charge >= 0.3 is 0 Å². The maximum absolute atomic E-state index is 12.5. The van der Waals surface area contributed by atoms with E-state index in [1.54, 1.807) is 0 Å². The first kappa shape index (κ1) is 14.4. The Morgan fingerprint density at radius 2 is 2.17 bits per heavy atom. The normalized spacial score (nSPS) is 18.4. The third-order valence-electron chi connectivity index (χ3n) is 4.92. The summed E-state index contributed by atoms with van der Waals surface area (Å²) in [5, 5.41) is 15.0. The second-order valence-electron chi connectivity index (χ2n) is 6.32. The van der Waals surface area contributed by atoms with Crippen LogP contribution in [0.2, 0.25) is 0 Å². The molecule has 1 saturated heterocycles. The number of carbonyl (C=O) groups is 1. The van der Waals surface area contributed by atoms with E-state index >= 15 is 0 Å². The van der Waals surface area contributed by atoms with Crippen molar-refractivity contribution in [2.24, 2.45) is 0 Å². The molecule has 0 unspecified atom stereocenters. The number of hydrogen-bond donors (Lipinski definition) is 2. The van der Waals surface area contributed by atoms with E-state index in [0.717, 1.165) is 51.1 Å². The molecule has 23 heavy (non-hydrogen) atoms.